The van der Waals surface area contributed by atoms with Gasteiger partial charge in [-0.05, 0) is 18.9 Å². The minimum absolute atomic E-state index is 0.0301. The first kappa shape index (κ1) is 19.4. The molecule has 1 aliphatic rings. The molecule has 25 heavy (non-hydrogen) atoms. The zero-order valence-corrected chi connectivity index (χ0v) is 15.3. The molecule has 0 aromatic heterocycles. The summed E-state index contributed by atoms with van der Waals surface area (Å²) in [5.74, 6) is -0.227. The van der Waals surface area contributed by atoms with Gasteiger partial charge in [-0.2, -0.15) is 0 Å². The van der Waals surface area contributed by atoms with Gasteiger partial charge in [-0.1, -0.05) is 29.8 Å². The number of nitrogens with zero attached hydrogens (tertiary/aromatic N) is 1. The van der Waals surface area contributed by atoms with Crippen LogP contribution in [0.25, 0.3) is 0 Å². The van der Waals surface area contributed by atoms with Gasteiger partial charge in [-0.15, -0.1) is 0 Å². The Balaban J connectivity index is 2.26. The molecule has 6 nitrogen and oxygen atoms in total. The van der Waals surface area contributed by atoms with Gasteiger partial charge in [0, 0.05) is 33.7 Å². The molecule has 1 N–H and O–H groups in total. The minimum atomic E-state index is -0.269. The van der Waals surface area contributed by atoms with Crippen LogP contribution in [0.15, 0.2) is 24.3 Å². The number of piperidine rings is 1. The average molecular weight is 348 g/mol. The molecule has 1 fully saturated rings. The summed E-state index contributed by atoms with van der Waals surface area (Å²) in [6.45, 7) is 3.90. The van der Waals surface area contributed by atoms with E-state index in [0.29, 0.717) is 39.1 Å². The highest BCUT2D eigenvalue weighted by molar-refractivity contribution is 5.85. The molecule has 2 rings (SSSR count). The summed E-state index contributed by atoms with van der Waals surface area (Å²) in [4.78, 5) is 27.0. The van der Waals surface area contributed by atoms with Crippen LogP contribution in [0.2, 0.25) is 0 Å². The molecule has 1 saturated heterocycles. The van der Waals surface area contributed by atoms with Crippen LogP contribution in [0, 0.1) is 12.8 Å². The van der Waals surface area contributed by atoms with E-state index < -0.39 is 0 Å². The Morgan fingerprint density at radius 2 is 1.88 bits per heavy atom. The summed E-state index contributed by atoms with van der Waals surface area (Å²) in [6.07, 6.45) is 0.939. The maximum absolute atomic E-state index is 12.7. The normalized spacial score (nSPS) is 20.6. The second-order valence-corrected chi connectivity index (χ2v) is 6.36. The number of hydrogen-bond donors (Lipinski definition) is 1. The Morgan fingerprint density at radius 1 is 1.20 bits per heavy atom. The number of carbonyl (C=O) groups excluding carboxylic acids is 2. The second kappa shape index (κ2) is 9.53. The second-order valence-electron chi connectivity index (χ2n) is 6.36. The van der Waals surface area contributed by atoms with Crippen LogP contribution in [-0.4, -0.2) is 57.2 Å². The fourth-order valence-electron chi connectivity index (χ4n) is 3.26. The Hall–Kier alpha value is -1.92. The van der Waals surface area contributed by atoms with Gasteiger partial charge < -0.3 is 19.7 Å². The van der Waals surface area contributed by atoms with E-state index in [2.05, 4.69) is 5.32 Å². The number of ether oxygens (including phenoxy) is 2. The third-order valence-corrected chi connectivity index (χ3v) is 4.60. The lowest BCUT2D eigenvalue weighted by atomic mass is 9.83. The van der Waals surface area contributed by atoms with Crippen molar-refractivity contribution in [3.8, 4) is 0 Å². The van der Waals surface area contributed by atoms with E-state index in [1.54, 1.807) is 19.1 Å². The van der Waals surface area contributed by atoms with Crippen LogP contribution in [0.1, 0.15) is 30.0 Å². The summed E-state index contributed by atoms with van der Waals surface area (Å²) < 4.78 is 10.2. The van der Waals surface area contributed by atoms with Crippen molar-refractivity contribution in [2.24, 2.45) is 5.92 Å². The molecule has 0 radical (unpaired) electrons. The largest absolute Gasteiger partial charge is 0.383 e. The zero-order valence-electron chi connectivity index (χ0n) is 15.3. The van der Waals surface area contributed by atoms with E-state index in [4.69, 9.17) is 9.47 Å². The molecule has 138 valence electrons. The molecule has 2 atom stereocenters. The number of benzene rings is 1. The third kappa shape index (κ3) is 5.03. The first-order chi connectivity index (χ1) is 12.1. The van der Waals surface area contributed by atoms with Gasteiger partial charge >= 0.3 is 0 Å². The topological polar surface area (TPSA) is 67.9 Å². The number of rotatable bonds is 8. The van der Waals surface area contributed by atoms with Gasteiger partial charge in [0.25, 0.3) is 0 Å². The van der Waals surface area contributed by atoms with Gasteiger partial charge in [0.1, 0.15) is 0 Å². The molecule has 0 bridgehead atoms. The predicted molar refractivity (Wildman–Crippen MR) is 95.1 cm³/mol. The molecule has 6 heteroatoms. The van der Waals surface area contributed by atoms with Crippen molar-refractivity contribution in [1.29, 1.82) is 0 Å². The van der Waals surface area contributed by atoms with Gasteiger partial charge in [-0.25, -0.2) is 0 Å². The van der Waals surface area contributed by atoms with Crippen molar-refractivity contribution in [3.63, 3.8) is 0 Å². The lowest BCUT2D eigenvalue weighted by molar-refractivity contribution is -0.144. The summed E-state index contributed by atoms with van der Waals surface area (Å²) in [6, 6.07) is 7.78. The molecular weight excluding hydrogens is 320 g/mol. The Morgan fingerprint density at radius 3 is 2.52 bits per heavy atom. The highest BCUT2D eigenvalue weighted by atomic mass is 16.5. The lowest BCUT2D eigenvalue weighted by Crippen LogP contribution is -2.49. The van der Waals surface area contributed by atoms with E-state index in [-0.39, 0.29) is 23.8 Å². The van der Waals surface area contributed by atoms with Gasteiger partial charge in [0.2, 0.25) is 11.8 Å². The van der Waals surface area contributed by atoms with E-state index >= 15 is 0 Å². The quantitative estimate of drug-likeness (QED) is 0.726. The van der Waals surface area contributed by atoms with Crippen LogP contribution in [-0.2, 0) is 19.1 Å². The monoisotopic (exact) mass is 348 g/mol. The number of nitrogens with one attached hydrogen (secondary N) is 1. The summed E-state index contributed by atoms with van der Waals surface area (Å²) >= 11 is 0. The fraction of sp³-hybridized carbons (Fsp3) is 0.579. The molecule has 0 saturated carbocycles. The molecular formula is C19H28N2O4. The number of amides is 2. The van der Waals surface area contributed by atoms with Crippen molar-refractivity contribution >= 4 is 11.8 Å². The third-order valence-electron chi connectivity index (χ3n) is 4.60. The highest BCUT2D eigenvalue weighted by Crippen LogP contribution is 2.36. The van der Waals surface area contributed by atoms with Crippen molar-refractivity contribution in [1.82, 2.24) is 10.2 Å². The number of aryl methyl sites for hydroxylation is 1. The number of hydrogen-bond acceptors (Lipinski definition) is 4. The van der Waals surface area contributed by atoms with Crippen LogP contribution >= 0.6 is 0 Å². The Bertz CT molecular complexity index is 573. The maximum atomic E-state index is 12.7. The molecule has 1 aromatic carbocycles. The smallest absolute Gasteiger partial charge is 0.225 e. The standard InChI is InChI=1S/C19H28N2O4/c1-14-4-6-15(7-5-14)18-16(19(23)20-10-12-24-2)8-9-17(22)21(18)11-13-25-3/h4-7,16,18H,8-13H2,1-3H3,(H,20,23)/t16-,18-/m1/s1. The number of carbonyl (C=O) groups is 2. The predicted octanol–water partition coefficient (Wildman–Crippen LogP) is 1.68. The van der Waals surface area contributed by atoms with Crippen molar-refractivity contribution in [2.75, 3.05) is 40.5 Å². The highest BCUT2D eigenvalue weighted by Gasteiger charge is 2.40. The van der Waals surface area contributed by atoms with Gasteiger partial charge in [-0.3, -0.25) is 9.59 Å². The van der Waals surface area contributed by atoms with Gasteiger partial charge in [0.15, 0.2) is 0 Å². The van der Waals surface area contributed by atoms with E-state index in [9.17, 15) is 9.59 Å². The van der Waals surface area contributed by atoms with Crippen LogP contribution in [0.4, 0.5) is 0 Å². The minimum Gasteiger partial charge on any atom is -0.383 e. The molecule has 0 spiro atoms. The molecule has 2 amide bonds. The van der Waals surface area contributed by atoms with Gasteiger partial charge in [0.05, 0.1) is 25.2 Å². The first-order valence-corrected chi connectivity index (χ1v) is 8.70. The molecule has 1 aromatic rings. The van der Waals surface area contributed by atoms with Crippen molar-refractivity contribution in [3.05, 3.63) is 35.4 Å². The Labute approximate surface area is 149 Å². The van der Waals surface area contributed by atoms with Crippen LogP contribution in [0.5, 0.6) is 0 Å². The lowest BCUT2D eigenvalue weighted by Gasteiger charge is -2.40. The van der Waals surface area contributed by atoms with Crippen molar-refractivity contribution in [2.45, 2.75) is 25.8 Å². The van der Waals surface area contributed by atoms with Crippen molar-refractivity contribution < 1.29 is 19.1 Å². The van der Waals surface area contributed by atoms with Crippen LogP contribution < -0.4 is 5.32 Å². The molecule has 1 heterocycles. The number of methoxy groups -OCH3 is 2. The summed E-state index contributed by atoms with van der Waals surface area (Å²) in [5.41, 5.74) is 2.14. The van der Waals surface area contributed by atoms with E-state index in [0.717, 1.165) is 11.1 Å². The SMILES string of the molecule is COCCNC(=O)[C@@H]1CCC(=O)N(CCOC)[C@@H]1c1ccc(C)cc1. The average Bonchev–Trinajstić information content (AvgIpc) is 2.61. The zero-order chi connectivity index (χ0) is 18.2. The Kier molecular flexibility index (Phi) is 7.40. The molecule has 0 unspecified atom stereocenters. The molecule has 1 aliphatic heterocycles. The maximum Gasteiger partial charge on any atom is 0.225 e. The van der Waals surface area contributed by atoms with E-state index in [1.807, 2.05) is 31.2 Å². The summed E-state index contributed by atoms with van der Waals surface area (Å²) in [5, 5.41) is 2.92. The van der Waals surface area contributed by atoms with Crippen LogP contribution in [0.3, 0.4) is 0 Å². The number of likely N-dealkylation sites (tertiary alicyclic amines) is 1. The molecule has 0 aliphatic carbocycles. The summed E-state index contributed by atoms with van der Waals surface area (Å²) in [7, 11) is 3.22. The fourth-order valence-corrected chi connectivity index (χ4v) is 3.26. The first-order valence-electron chi connectivity index (χ1n) is 8.70. The van der Waals surface area contributed by atoms with E-state index in [1.165, 1.54) is 0 Å².